The van der Waals surface area contributed by atoms with Crippen molar-refractivity contribution >= 4 is 5.96 Å². The monoisotopic (exact) mass is 249 g/mol. The Hall–Kier alpha value is -1.52. The third-order valence-corrected chi connectivity index (χ3v) is 3.34. The van der Waals surface area contributed by atoms with E-state index in [1.54, 1.807) is 0 Å². The Morgan fingerprint density at radius 1 is 1.39 bits per heavy atom. The minimum absolute atomic E-state index is 0.723. The van der Waals surface area contributed by atoms with Crippen molar-refractivity contribution in [3.8, 4) is 0 Å². The van der Waals surface area contributed by atoms with Gasteiger partial charge in [0.2, 0.25) is 0 Å². The van der Waals surface area contributed by atoms with E-state index in [1.807, 2.05) is 17.9 Å². The summed E-state index contributed by atoms with van der Waals surface area (Å²) in [4.78, 5) is 6.66. The molecule has 0 unspecified atom stereocenters. The molecule has 0 radical (unpaired) electrons. The van der Waals surface area contributed by atoms with E-state index in [0.717, 1.165) is 38.4 Å². The van der Waals surface area contributed by atoms with Gasteiger partial charge in [-0.3, -0.25) is 9.67 Å². The van der Waals surface area contributed by atoms with Gasteiger partial charge in [0.05, 0.1) is 6.20 Å². The summed E-state index contributed by atoms with van der Waals surface area (Å²) in [7, 11) is 1.94. The molecule has 2 rings (SSSR count). The number of aromatic nitrogens is 2. The fourth-order valence-electron chi connectivity index (χ4n) is 2.30. The second kappa shape index (κ2) is 6.42. The van der Waals surface area contributed by atoms with Crippen molar-refractivity contribution in [3.63, 3.8) is 0 Å². The van der Waals surface area contributed by atoms with Crippen LogP contribution in [0, 0.1) is 0 Å². The summed E-state index contributed by atoms with van der Waals surface area (Å²) < 4.78 is 1.83. The van der Waals surface area contributed by atoms with Crippen LogP contribution in [0.5, 0.6) is 0 Å². The number of hydrogen-bond donors (Lipinski definition) is 1. The Balaban J connectivity index is 1.70. The normalized spacial score (nSPS) is 17.2. The number of hydrogen-bond acceptors (Lipinski definition) is 2. The van der Waals surface area contributed by atoms with Gasteiger partial charge in [-0.15, -0.1) is 0 Å². The van der Waals surface area contributed by atoms with Crippen molar-refractivity contribution < 1.29 is 0 Å². The molecule has 0 saturated carbocycles. The maximum atomic E-state index is 5.99. The third-order valence-electron chi connectivity index (χ3n) is 3.34. The van der Waals surface area contributed by atoms with Crippen LogP contribution in [0.2, 0.25) is 0 Å². The lowest BCUT2D eigenvalue weighted by atomic mass is 10.1. The fraction of sp³-hybridized carbons (Fsp3) is 0.692. The van der Waals surface area contributed by atoms with Crippen LogP contribution in [0.4, 0.5) is 0 Å². The van der Waals surface area contributed by atoms with Crippen LogP contribution in [0.25, 0.3) is 0 Å². The van der Waals surface area contributed by atoms with Crippen LogP contribution in [-0.4, -0.2) is 40.3 Å². The van der Waals surface area contributed by atoms with Gasteiger partial charge in [-0.05, 0) is 37.7 Å². The number of nitrogens with zero attached hydrogens (tertiary/aromatic N) is 4. The average molecular weight is 249 g/mol. The van der Waals surface area contributed by atoms with Gasteiger partial charge in [-0.2, -0.15) is 5.10 Å². The lowest BCUT2D eigenvalue weighted by Gasteiger charge is -2.27. The van der Waals surface area contributed by atoms with Crippen LogP contribution in [-0.2, 0) is 13.5 Å². The first-order valence-corrected chi connectivity index (χ1v) is 6.78. The first-order valence-electron chi connectivity index (χ1n) is 6.78. The van der Waals surface area contributed by atoms with Crippen LogP contribution in [0.1, 0.15) is 31.2 Å². The minimum Gasteiger partial charge on any atom is -0.370 e. The zero-order valence-electron chi connectivity index (χ0n) is 11.2. The van der Waals surface area contributed by atoms with Gasteiger partial charge < -0.3 is 10.6 Å². The number of likely N-dealkylation sites (tertiary alicyclic amines) is 1. The molecular formula is C13H23N5. The third kappa shape index (κ3) is 3.75. The summed E-state index contributed by atoms with van der Waals surface area (Å²) >= 11 is 0. The van der Waals surface area contributed by atoms with Gasteiger partial charge in [0, 0.05) is 32.9 Å². The predicted octanol–water partition coefficient (Wildman–Crippen LogP) is 1.15. The molecule has 2 N–H and O–H groups in total. The molecular weight excluding hydrogens is 226 g/mol. The highest BCUT2D eigenvalue weighted by Gasteiger charge is 2.11. The Labute approximate surface area is 109 Å². The Bertz CT molecular complexity index is 390. The molecule has 1 saturated heterocycles. The van der Waals surface area contributed by atoms with Crippen molar-refractivity contribution in [2.45, 2.75) is 32.1 Å². The van der Waals surface area contributed by atoms with Gasteiger partial charge in [0.15, 0.2) is 5.96 Å². The quantitative estimate of drug-likeness (QED) is 0.495. The summed E-state index contributed by atoms with van der Waals surface area (Å²) in [5.74, 6) is 0.723. The summed E-state index contributed by atoms with van der Waals surface area (Å²) in [5.41, 5.74) is 7.26. The smallest absolute Gasteiger partial charge is 0.191 e. The number of aliphatic imine (C=N–C) groups is 1. The van der Waals surface area contributed by atoms with E-state index in [2.05, 4.69) is 21.2 Å². The molecule has 0 atom stereocenters. The summed E-state index contributed by atoms with van der Waals surface area (Å²) in [6, 6.07) is 0. The molecule has 1 aromatic rings. The van der Waals surface area contributed by atoms with Crippen molar-refractivity contribution in [3.05, 3.63) is 18.0 Å². The van der Waals surface area contributed by atoms with Crippen molar-refractivity contribution in [2.75, 3.05) is 19.6 Å². The number of nitrogens with two attached hydrogens (primary N) is 1. The lowest BCUT2D eigenvalue weighted by Crippen LogP contribution is -2.40. The highest BCUT2D eigenvalue weighted by Crippen LogP contribution is 2.08. The Morgan fingerprint density at radius 2 is 2.17 bits per heavy atom. The van der Waals surface area contributed by atoms with E-state index in [4.69, 9.17) is 5.73 Å². The Morgan fingerprint density at radius 3 is 2.83 bits per heavy atom. The molecule has 5 nitrogen and oxygen atoms in total. The summed E-state index contributed by atoms with van der Waals surface area (Å²) in [6.07, 6.45) is 9.82. The number of guanidine groups is 1. The predicted molar refractivity (Wildman–Crippen MR) is 73.4 cm³/mol. The largest absolute Gasteiger partial charge is 0.370 e. The minimum atomic E-state index is 0.723. The van der Waals surface area contributed by atoms with E-state index in [1.165, 1.54) is 24.8 Å². The highest BCUT2D eigenvalue weighted by atomic mass is 15.3. The zero-order chi connectivity index (χ0) is 12.8. The SMILES string of the molecule is Cn1cc(CCCN=C(N)N2CCCCC2)cn1. The van der Waals surface area contributed by atoms with Crippen molar-refractivity contribution in [2.24, 2.45) is 17.8 Å². The molecule has 18 heavy (non-hydrogen) atoms. The van der Waals surface area contributed by atoms with E-state index < -0.39 is 0 Å². The highest BCUT2D eigenvalue weighted by molar-refractivity contribution is 5.78. The van der Waals surface area contributed by atoms with E-state index >= 15 is 0 Å². The number of rotatable bonds is 4. The summed E-state index contributed by atoms with van der Waals surface area (Å²) in [5, 5.41) is 4.15. The van der Waals surface area contributed by atoms with E-state index in [-0.39, 0.29) is 0 Å². The van der Waals surface area contributed by atoms with Crippen LogP contribution in [0.15, 0.2) is 17.4 Å². The van der Waals surface area contributed by atoms with Gasteiger partial charge in [0.25, 0.3) is 0 Å². The number of aryl methyl sites for hydroxylation is 2. The van der Waals surface area contributed by atoms with E-state index in [0.29, 0.717) is 0 Å². The van der Waals surface area contributed by atoms with Crippen LogP contribution < -0.4 is 5.73 Å². The molecule has 1 fully saturated rings. The zero-order valence-corrected chi connectivity index (χ0v) is 11.2. The lowest BCUT2D eigenvalue weighted by molar-refractivity contribution is 0.338. The second-order valence-electron chi connectivity index (χ2n) is 4.91. The topological polar surface area (TPSA) is 59.4 Å². The fourth-order valence-corrected chi connectivity index (χ4v) is 2.30. The molecule has 100 valence electrons. The maximum absolute atomic E-state index is 5.99. The van der Waals surface area contributed by atoms with Gasteiger partial charge in [-0.1, -0.05) is 0 Å². The summed E-state index contributed by atoms with van der Waals surface area (Å²) in [6.45, 7) is 2.94. The Kier molecular flexibility index (Phi) is 4.61. The van der Waals surface area contributed by atoms with Gasteiger partial charge in [0.1, 0.15) is 0 Å². The van der Waals surface area contributed by atoms with Gasteiger partial charge in [-0.25, -0.2) is 0 Å². The molecule has 1 aliphatic heterocycles. The van der Waals surface area contributed by atoms with Gasteiger partial charge >= 0.3 is 0 Å². The van der Waals surface area contributed by atoms with E-state index in [9.17, 15) is 0 Å². The molecule has 1 aliphatic rings. The molecule has 0 aliphatic carbocycles. The molecule has 0 aromatic carbocycles. The second-order valence-corrected chi connectivity index (χ2v) is 4.91. The average Bonchev–Trinajstić information content (AvgIpc) is 2.81. The molecule has 0 bridgehead atoms. The van der Waals surface area contributed by atoms with Crippen molar-refractivity contribution in [1.29, 1.82) is 0 Å². The first kappa shape index (κ1) is 12.9. The van der Waals surface area contributed by atoms with Crippen LogP contribution >= 0.6 is 0 Å². The van der Waals surface area contributed by atoms with Crippen LogP contribution in [0.3, 0.4) is 0 Å². The molecule has 0 spiro atoms. The first-order chi connectivity index (χ1) is 8.75. The maximum Gasteiger partial charge on any atom is 0.191 e. The molecule has 2 heterocycles. The number of piperidine rings is 1. The standard InChI is InChI=1S/C13H23N5/c1-17-11-12(10-16-17)6-5-7-15-13(14)18-8-3-2-4-9-18/h10-11H,2-9H2,1H3,(H2,14,15). The molecule has 5 heteroatoms. The molecule has 1 aromatic heterocycles. The van der Waals surface area contributed by atoms with Crippen molar-refractivity contribution in [1.82, 2.24) is 14.7 Å². The molecule has 0 amide bonds.